The molecule has 0 unspecified atom stereocenters. The molecular weight excluding hydrogens is 270 g/mol. The van der Waals surface area contributed by atoms with Gasteiger partial charge >= 0.3 is 5.97 Å². The smallest absolute Gasteiger partial charge is 0.339 e. The van der Waals surface area contributed by atoms with Gasteiger partial charge in [-0.25, -0.2) is 4.79 Å². The third-order valence-corrected chi connectivity index (χ3v) is 3.88. The molecule has 1 aromatic rings. The van der Waals surface area contributed by atoms with Crippen LogP contribution in [0.15, 0.2) is 24.3 Å². The number of carboxylic acid groups (broad SMARTS) is 1. The molecule has 0 atom stereocenters. The van der Waals surface area contributed by atoms with Crippen molar-refractivity contribution in [3.8, 4) is 5.75 Å². The highest BCUT2D eigenvalue weighted by atomic mass is 16.7. The Kier molecular flexibility index (Phi) is 4.00. The number of aliphatic hydroxyl groups is 1. The predicted octanol–water partition coefficient (Wildman–Crippen LogP) is 2.69. The molecule has 21 heavy (non-hydrogen) atoms. The van der Waals surface area contributed by atoms with Gasteiger partial charge < -0.3 is 15.1 Å². The fourth-order valence-corrected chi connectivity index (χ4v) is 3.28. The first kappa shape index (κ1) is 15.8. The lowest BCUT2D eigenvalue weighted by molar-refractivity contribution is -0.234. The largest absolute Gasteiger partial charge is 0.478 e. The SMILES string of the molecule is CC1(C)CC(O)CC(C)(C)N1Oc1ccccc1C(=O)O. The molecule has 0 saturated carbocycles. The number of hydrogen-bond donors (Lipinski definition) is 2. The van der Waals surface area contributed by atoms with Gasteiger partial charge in [0.25, 0.3) is 0 Å². The lowest BCUT2D eigenvalue weighted by Crippen LogP contribution is -2.63. The summed E-state index contributed by atoms with van der Waals surface area (Å²) in [5, 5.41) is 21.1. The molecule has 116 valence electrons. The number of para-hydroxylation sites is 1. The van der Waals surface area contributed by atoms with E-state index in [-0.39, 0.29) is 11.7 Å². The van der Waals surface area contributed by atoms with E-state index >= 15 is 0 Å². The minimum absolute atomic E-state index is 0.134. The van der Waals surface area contributed by atoms with E-state index in [1.165, 1.54) is 6.07 Å². The molecule has 2 rings (SSSR count). The van der Waals surface area contributed by atoms with Gasteiger partial charge in [0.15, 0.2) is 5.75 Å². The summed E-state index contributed by atoms with van der Waals surface area (Å²) in [7, 11) is 0. The van der Waals surface area contributed by atoms with E-state index in [0.717, 1.165) is 0 Å². The molecule has 2 N–H and O–H groups in total. The van der Waals surface area contributed by atoms with Crippen LogP contribution in [0.2, 0.25) is 0 Å². The molecule has 1 fully saturated rings. The van der Waals surface area contributed by atoms with E-state index in [9.17, 15) is 15.0 Å². The summed E-state index contributed by atoms with van der Waals surface area (Å²) in [6.45, 7) is 7.95. The number of aliphatic hydroxyl groups excluding tert-OH is 1. The van der Waals surface area contributed by atoms with Gasteiger partial charge in [0.1, 0.15) is 5.56 Å². The number of hydrogen-bond acceptors (Lipinski definition) is 4. The first-order valence-corrected chi connectivity index (χ1v) is 7.12. The first-order chi connectivity index (χ1) is 9.63. The van der Waals surface area contributed by atoms with Gasteiger partial charge in [-0.15, -0.1) is 5.06 Å². The van der Waals surface area contributed by atoms with Crippen LogP contribution in [0.25, 0.3) is 0 Å². The monoisotopic (exact) mass is 293 g/mol. The Morgan fingerprint density at radius 1 is 1.19 bits per heavy atom. The molecule has 0 radical (unpaired) electrons. The van der Waals surface area contributed by atoms with Crippen LogP contribution in [0.1, 0.15) is 50.9 Å². The summed E-state index contributed by atoms with van der Waals surface area (Å²) in [4.78, 5) is 17.3. The molecular formula is C16H23NO4. The van der Waals surface area contributed by atoms with Crippen molar-refractivity contribution in [1.82, 2.24) is 5.06 Å². The van der Waals surface area contributed by atoms with Gasteiger partial charge in [-0.3, -0.25) is 0 Å². The summed E-state index contributed by atoms with van der Waals surface area (Å²) in [6, 6.07) is 6.60. The number of piperidine rings is 1. The Morgan fingerprint density at radius 2 is 1.71 bits per heavy atom. The minimum atomic E-state index is -1.02. The van der Waals surface area contributed by atoms with Crippen LogP contribution in [0.3, 0.4) is 0 Å². The van der Waals surface area contributed by atoms with Crippen molar-refractivity contribution < 1.29 is 19.8 Å². The van der Waals surface area contributed by atoms with Gasteiger partial charge in [-0.2, -0.15) is 0 Å². The number of carbonyl (C=O) groups is 1. The summed E-state index contributed by atoms with van der Waals surface area (Å²) in [5.74, 6) is -0.694. The van der Waals surface area contributed by atoms with Crippen molar-refractivity contribution in [3.63, 3.8) is 0 Å². The lowest BCUT2D eigenvalue weighted by Gasteiger charge is -2.52. The van der Waals surface area contributed by atoms with Gasteiger partial charge in [-0.1, -0.05) is 12.1 Å². The zero-order chi connectivity index (χ0) is 15.8. The molecule has 5 nitrogen and oxygen atoms in total. The first-order valence-electron chi connectivity index (χ1n) is 7.12. The topological polar surface area (TPSA) is 70.0 Å². The average Bonchev–Trinajstić information content (AvgIpc) is 2.32. The van der Waals surface area contributed by atoms with E-state index in [1.54, 1.807) is 18.2 Å². The molecule has 0 spiro atoms. The third kappa shape index (κ3) is 3.19. The molecule has 1 aromatic carbocycles. The van der Waals surface area contributed by atoms with Gasteiger partial charge in [-0.05, 0) is 52.7 Å². The second-order valence-corrected chi connectivity index (χ2v) is 6.87. The standard InChI is InChI=1S/C16H23NO4/c1-15(2)9-11(18)10-16(3,4)17(15)21-13-8-6-5-7-12(13)14(19)20/h5-8,11,18H,9-10H2,1-4H3,(H,19,20). The molecule has 5 heteroatoms. The summed E-state index contributed by atoms with van der Waals surface area (Å²) >= 11 is 0. The molecule has 1 aliphatic heterocycles. The highest BCUT2D eigenvalue weighted by Crippen LogP contribution is 2.39. The molecule has 1 heterocycles. The van der Waals surface area contributed by atoms with E-state index in [2.05, 4.69) is 0 Å². The van der Waals surface area contributed by atoms with Gasteiger partial charge in [0.05, 0.1) is 17.2 Å². The van der Waals surface area contributed by atoms with Crippen molar-refractivity contribution in [1.29, 1.82) is 0 Å². The maximum atomic E-state index is 11.3. The second-order valence-electron chi connectivity index (χ2n) is 6.87. The quantitative estimate of drug-likeness (QED) is 0.896. The number of aromatic carboxylic acids is 1. The fourth-order valence-electron chi connectivity index (χ4n) is 3.28. The molecule has 0 aliphatic carbocycles. The van der Waals surface area contributed by atoms with E-state index < -0.39 is 17.0 Å². The number of carboxylic acids is 1. The summed E-state index contributed by atoms with van der Waals surface area (Å²) < 4.78 is 0. The Hall–Kier alpha value is -1.59. The molecule has 1 saturated heterocycles. The average molecular weight is 293 g/mol. The Labute approximate surface area is 125 Å². The van der Waals surface area contributed by atoms with Crippen molar-refractivity contribution in [3.05, 3.63) is 29.8 Å². The van der Waals surface area contributed by atoms with E-state index in [0.29, 0.717) is 18.6 Å². The highest BCUT2D eigenvalue weighted by Gasteiger charge is 2.47. The lowest BCUT2D eigenvalue weighted by atomic mass is 9.80. The number of nitrogens with zero attached hydrogens (tertiary/aromatic N) is 1. The van der Waals surface area contributed by atoms with Crippen LogP contribution >= 0.6 is 0 Å². The van der Waals surface area contributed by atoms with Gasteiger partial charge in [0, 0.05) is 0 Å². The van der Waals surface area contributed by atoms with Crippen molar-refractivity contribution in [2.75, 3.05) is 0 Å². The predicted molar refractivity (Wildman–Crippen MR) is 79.3 cm³/mol. The van der Waals surface area contributed by atoms with Crippen molar-refractivity contribution in [2.45, 2.75) is 57.7 Å². The Bertz CT molecular complexity index is 521. The number of benzene rings is 1. The fraction of sp³-hybridized carbons (Fsp3) is 0.562. The normalized spacial score (nSPS) is 22.0. The zero-order valence-corrected chi connectivity index (χ0v) is 13.0. The molecule has 0 aromatic heterocycles. The Morgan fingerprint density at radius 3 is 2.24 bits per heavy atom. The minimum Gasteiger partial charge on any atom is -0.478 e. The maximum absolute atomic E-state index is 11.3. The van der Waals surface area contributed by atoms with Crippen LogP contribution < -0.4 is 4.84 Å². The highest BCUT2D eigenvalue weighted by molar-refractivity contribution is 5.90. The van der Waals surface area contributed by atoms with Crippen molar-refractivity contribution in [2.24, 2.45) is 0 Å². The van der Waals surface area contributed by atoms with Crippen LogP contribution in [-0.2, 0) is 0 Å². The van der Waals surface area contributed by atoms with Crippen LogP contribution in [0, 0.1) is 0 Å². The van der Waals surface area contributed by atoms with E-state index in [4.69, 9.17) is 4.84 Å². The third-order valence-electron chi connectivity index (χ3n) is 3.88. The number of hydroxylamine groups is 2. The van der Waals surface area contributed by atoms with Crippen LogP contribution in [-0.4, -0.2) is 38.4 Å². The molecule has 0 amide bonds. The Balaban J connectivity index is 2.35. The van der Waals surface area contributed by atoms with E-state index in [1.807, 2.05) is 32.8 Å². The van der Waals surface area contributed by atoms with Crippen LogP contribution in [0.4, 0.5) is 0 Å². The summed E-state index contributed by atoms with van der Waals surface area (Å²) in [6.07, 6.45) is 0.765. The van der Waals surface area contributed by atoms with Crippen molar-refractivity contribution >= 4 is 5.97 Å². The summed E-state index contributed by atoms with van der Waals surface area (Å²) in [5.41, 5.74) is -0.658. The van der Waals surface area contributed by atoms with Crippen LogP contribution in [0.5, 0.6) is 5.75 Å². The second kappa shape index (κ2) is 5.31. The van der Waals surface area contributed by atoms with Gasteiger partial charge in [0.2, 0.25) is 0 Å². The zero-order valence-electron chi connectivity index (χ0n) is 13.0. The maximum Gasteiger partial charge on any atom is 0.339 e. The molecule has 1 aliphatic rings. The molecule has 0 bridgehead atoms. The number of rotatable bonds is 3.